The molecule has 10 heteroatoms. The van der Waals surface area contributed by atoms with Crippen molar-refractivity contribution in [2.75, 3.05) is 18.4 Å². The average molecular weight is 542 g/mol. The lowest BCUT2D eigenvalue weighted by atomic mass is 9.98. The zero-order chi connectivity index (χ0) is 28.6. The number of alkyl halides is 3. The second kappa shape index (κ2) is 12.5. The molecule has 0 atom stereocenters. The minimum atomic E-state index is -4.45. The van der Waals surface area contributed by atoms with Crippen molar-refractivity contribution in [1.29, 1.82) is 0 Å². The van der Waals surface area contributed by atoms with Crippen LogP contribution >= 0.6 is 0 Å². The molecule has 0 aromatic heterocycles. The third kappa shape index (κ3) is 8.87. The molecule has 0 unspecified atom stereocenters. The van der Waals surface area contributed by atoms with E-state index in [4.69, 9.17) is 4.74 Å². The third-order valence-corrected chi connectivity index (χ3v) is 5.38. The molecule has 3 rings (SSSR count). The summed E-state index contributed by atoms with van der Waals surface area (Å²) >= 11 is 0. The monoisotopic (exact) mass is 541 g/mol. The molecular weight excluding hydrogens is 511 g/mol. The maximum atomic E-state index is 13.1. The van der Waals surface area contributed by atoms with Crippen LogP contribution < -0.4 is 16.0 Å². The number of anilines is 1. The van der Waals surface area contributed by atoms with Crippen molar-refractivity contribution in [1.82, 2.24) is 10.6 Å². The van der Waals surface area contributed by atoms with Gasteiger partial charge in [0.1, 0.15) is 5.60 Å². The van der Waals surface area contributed by atoms with Crippen LogP contribution in [-0.4, -0.2) is 36.6 Å². The molecule has 0 spiro atoms. The molecule has 3 N–H and O–H groups in total. The van der Waals surface area contributed by atoms with Gasteiger partial charge in [0.15, 0.2) is 0 Å². The topological polar surface area (TPSA) is 96.5 Å². The number of halogens is 3. The van der Waals surface area contributed by atoms with E-state index in [9.17, 15) is 27.6 Å². The van der Waals surface area contributed by atoms with Crippen LogP contribution in [0.1, 0.15) is 53.5 Å². The number of hydrogen-bond acceptors (Lipinski definition) is 4. The lowest BCUT2D eigenvalue weighted by molar-refractivity contribution is -0.137. The fourth-order valence-corrected chi connectivity index (χ4v) is 3.61. The average Bonchev–Trinajstić information content (AvgIpc) is 2.87. The Morgan fingerprint density at radius 3 is 2.13 bits per heavy atom. The quantitative estimate of drug-likeness (QED) is 0.293. The second-order valence-corrected chi connectivity index (χ2v) is 9.69. The number of carbonyl (C=O) groups is 3. The van der Waals surface area contributed by atoms with Crippen molar-refractivity contribution >= 4 is 23.6 Å². The zero-order valence-electron chi connectivity index (χ0n) is 21.8. The summed E-state index contributed by atoms with van der Waals surface area (Å²) < 4.78 is 43.9. The summed E-state index contributed by atoms with van der Waals surface area (Å²) in [4.78, 5) is 37.3. The van der Waals surface area contributed by atoms with Gasteiger partial charge < -0.3 is 20.7 Å². The van der Waals surface area contributed by atoms with E-state index in [0.717, 1.165) is 12.1 Å². The Hall–Kier alpha value is -4.34. The molecule has 0 aliphatic heterocycles. The van der Waals surface area contributed by atoms with Gasteiger partial charge >= 0.3 is 12.3 Å². The predicted molar refractivity (Wildman–Crippen MR) is 142 cm³/mol. The molecule has 0 bridgehead atoms. The Kier molecular flexibility index (Phi) is 9.34. The molecule has 39 heavy (non-hydrogen) atoms. The molecule has 3 aromatic rings. The van der Waals surface area contributed by atoms with E-state index in [-0.39, 0.29) is 11.5 Å². The first-order valence-electron chi connectivity index (χ1n) is 12.3. The van der Waals surface area contributed by atoms with Crippen LogP contribution in [0.4, 0.5) is 23.7 Å². The van der Waals surface area contributed by atoms with Gasteiger partial charge in [-0.2, -0.15) is 13.2 Å². The molecule has 0 radical (unpaired) electrons. The number of nitrogens with one attached hydrogen (secondary N) is 3. The van der Waals surface area contributed by atoms with E-state index in [1.54, 1.807) is 63.2 Å². The third-order valence-electron chi connectivity index (χ3n) is 5.38. The first-order chi connectivity index (χ1) is 18.3. The van der Waals surface area contributed by atoms with Gasteiger partial charge in [0.25, 0.3) is 11.8 Å². The van der Waals surface area contributed by atoms with Gasteiger partial charge in [-0.25, -0.2) is 4.79 Å². The van der Waals surface area contributed by atoms with Gasteiger partial charge in [0.05, 0.1) is 5.56 Å². The van der Waals surface area contributed by atoms with Crippen LogP contribution in [0, 0.1) is 0 Å². The SMILES string of the molecule is CC(C)(C)OC(=O)NCCCNC(=O)c1cccc(NC(=O)c2ccccc2-c2ccc(C(F)(F)F)cc2)c1. The fourth-order valence-electron chi connectivity index (χ4n) is 3.61. The summed E-state index contributed by atoms with van der Waals surface area (Å²) in [7, 11) is 0. The summed E-state index contributed by atoms with van der Waals surface area (Å²) in [6, 6.07) is 17.5. The number of amides is 3. The lowest BCUT2D eigenvalue weighted by Gasteiger charge is -2.19. The number of rotatable bonds is 8. The fraction of sp³-hybridized carbons (Fsp3) is 0.276. The summed E-state index contributed by atoms with van der Waals surface area (Å²) in [6.45, 7) is 5.93. The van der Waals surface area contributed by atoms with Crippen LogP contribution in [0.25, 0.3) is 11.1 Å². The molecule has 0 aliphatic carbocycles. The van der Waals surface area contributed by atoms with Crippen LogP contribution in [-0.2, 0) is 10.9 Å². The van der Waals surface area contributed by atoms with E-state index in [1.807, 2.05) is 0 Å². The van der Waals surface area contributed by atoms with Crippen LogP contribution in [0.5, 0.6) is 0 Å². The van der Waals surface area contributed by atoms with Gasteiger partial charge in [-0.3, -0.25) is 9.59 Å². The second-order valence-electron chi connectivity index (χ2n) is 9.69. The molecule has 3 amide bonds. The van der Waals surface area contributed by atoms with Crippen molar-refractivity contribution in [3.8, 4) is 11.1 Å². The summed E-state index contributed by atoms with van der Waals surface area (Å²) in [5.74, 6) is -0.829. The van der Waals surface area contributed by atoms with Crippen molar-refractivity contribution in [2.45, 2.75) is 39.0 Å². The number of hydrogen-bond donors (Lipinski definition) is 3. The molecule has 206 valence electrons. The van der Waals surface area contributed by atoms with Crippen molar-refractivity contribution in [3.63, 3.8) is 0 Å². The number of carbonyl (C=O) groups excluding carboxylic acids is 3. The first kappa shape index (κ1) is 29.2. The van der Waals surface area contributed by atoms with Gasteiger partial charge in [0.2, 0.25) is 0 Å². The molecule has 7 nitrogen and oxygen atoms in total. The molecule has 0 saturated carbocycles. The molecule has 0 saturated heterocycles. The van der Waals surface area contributed by atoms with Gasteiger partial charge in [0, 0.05) is 29.9 Å². The molecule has 3 aromatic carbocycles. The predicted octanol–water partition coefficient (Wildman–Crippen LogP) is 6.27. The van der Waals surface area contributed by atoms with Gasteiger partial charge in [-0.1, -0.05) is 36.4 Å². The molecular formula is C29H30F3N3O4. The van der Waals surface area contributed by atoms with Crippen molar-refractivity contribution < 1.29 is 32.3 Å². The lowest BCUT2D eigenvalue weighted by Crippen LogP contribution is -2.34. The highest BCUT2D eigenvalue weighted by molar-refractivity contribution is 6.09. The Morgan fingerprint density at radius 2 is 1.46 bits per heavy atom. The molecule has 0 aliphatic rings. The Balaban J connectivity index is 1.60. The Bertz CT molecular complexity index is 1320. The molecule has 0 heterocycles. The van der Waals surface area contributed by atoms with Crippen LogP contribution in [0.15, 0.2) is 72.8 Å². The normalized spacial score (nSPS) is 11.4. The molecule has 0 fully saturated rings. The largest absolute Gasteiger partial charge is 0.444 e. The zero-order valence-corrected chi connectivity index (χ0v) is 21.8. The standard InChI is InChI=1S/C29H30F3N3O4/c1-28(2,3)39-27(38)34-17-7-16-33-25(36)20-8-6-9-22(18-20)35-26(37)24-11-5-4-10-23(24)19-12-14-21(15-13-19)29(30,31)32/h4-6,8-15,18H,7,16-17H2,1-3H3,(H,33,36)(H,34,38)(H,35,37). The Labute approximate surface area is 224 Å². The van der Waals surface area contributed by atoms with E-state index >= 15 is 0 Å². The number of benzene rings is 3. The van der Waals surface area contributed by atoms with Crippen LogP contribution in [0.3, 0.4) is 0 Å². The first-order valence-corrected chi connectivity index (χ1v) is 12.3. The van der Waals surface area contributed by atoms with Crippen LogP contribution in [0.2, 0.25) is 0 Å². The highest BCUT2D eigenvalue weighted by Crippen LogP contribution is 2.32. The minimum absolute atomic E-state index is 0.268. The Morgan fingerprint density at radius 1 is 0.795 bits per heavy atom. The summed E-state index contributed by atoms with van der Waals surface area (Å²) in [5, 5.41) is 8.12. The van der Waals surface area contributed by atoms with Crippen molar-refractivity contribution in [3.05, 3.63) is 89.5 Å². The highest BCUT2D eigenvalue weighted by atomic mass is 19.4. The summed E-state index contributed by atoms with van der Waals surface area (Å²) in [5.41, 5.74) is 0.529. The van der Waals surface area contributed by atoms with E-state index in [1.165, 1.54) is 18.2 Å². The summed E-state index contributed by atoms with van der Waals surface area (Å²) in [6.07, 6.45) is -4.50. The van der Waals surface area contributed by atoms with E-state index in [0.29, 0.717) is 41.9 Å². The maximum Gasteiger partial charge on any atom is 0.416 e. The van der Waals surface area contributed by atoms with E-state index < -0.39 is 29.3 Å². The van der Waals surface area contributed by atoms with Crippen molar-refractivity contribution in [2.24, 2.45) is 0 Å². The minimum Gasteiger partial charge on any atom is -0.444 e. The number of ether oxygens (including phenoxy) is 1. The maximum absolute atomic E-state index is 13.1. The van der Waals surface area contributed by atoms with Gasteiger partial charge in [-0.05, 0) is 74.7 Å². The smallest absolute Gasteiger partial charge is 0.416 e. The number of alkyl carbamates (subject to hydrolysis) is 1. The van der Waals surface area contributed by atoms with E-state index in [2.05, 4.69) is 16.0 Å². The highest BCUT2D eigenvalue weighted by Gasteiger charge is 2.30. The van der Waals surface area contributed by atoms with Gasteiger partial charge in [-0.15, -0.1) is 0 Å².